The second-order valence-corrected chi connectivity index (χ2v) is 3.62. The van der Waals surface area contributed by atoms with Crippen LogP contribution in [0.15, 0.2) is 24.3 Å². The quantitative estimate of drug-likeness (QED) is 0.617. The first-order valence-corrected chi connectivity index (χ1v) is 5.08. The summed E-state index contributed by atoms with van der Waals surface area (Å²) in [5.74, 6) is 0.517. The van der Waals surface area contributed by atoms with E-state index in [4.69, 9.17) is 0 Å². The van der Waals surface area contributed by atoms with Crippen LogP contribution in [-0.4, -0.2) is 11.2 Å². The first-order valence-electron chi connectivity index (χ1n) is 5.08. The van der Waals surface area contributed by atoms with Gasteiger partial charge < -0.3 is 5.11 Å². The molecule has 0 radical (unpaired) electrons. The lowest BCUT2D eigenvalue weighted by atomic mass is 9.86. The lowest BCUT2D eigenvalue weighted by Crippen LogP contribution is -2.21. The van der Waals surface area contributed by atoms with Crippen LogP contribution in [0.4, 0.5) is 0 Å². The maximum absolute atomic E-state index is 9.46. The summed E-state index contributed by atoms with van der Waals surface area (Å²) >= 11 is 0. The molecule has 0 aromatic rings. The lowest BCUT2D eigenvalue weighted by Gasteiger charge is -2.24. The number of rotatable bonds is 1. The Hall–Kier alpha value is -0.560. The molecule has 1 nitrogen and oxygen atoms in total. The van der Waals surface area contributed by atoms with Gasteiger partial charge in [-0.2, -0.15) is 0 Å². The van der Waals surface area contributed by atoms with Crippen molar-refractivity contribution >= 4 is 0 Å². The maximum atomic E-state index is 9.46. The maximum Gasteiger partial charge on any atom is 0.0751 e. The zero-order chi connectivity index (χ0) is 10.3. The summed E-state index contributed by atoms with van der Waals surface area (Å²) in [6.45, 7) is 9.48. The summed E-state index contributed by atoms with van der Waals surface area (Å²) in [7, 11) is 0. The van der Waals surface area contributed by atoms with E-state index in [-0.39, 0.29) is 6.10 Å². The van der Waals surface area contributed by atoms with Crippen molar-refractivity contribution in [2.24, 2.45) is 5.92 Å². The predicted molar refractivity (Wildman–Crippen MR) is 58.6 cm³/mol. The lowest BCUT2D eigenvalue weighted by molar-refractivity contribution is 0.135. The van der Waals surface area contributed by atoms with Gasteiger partial charge in [0.05, 0.1) is 6.10 Å². The molecule has 1 N–H and O–H groups in total. The van der Waals surface area contributed by atoms with Gasteiger partial charge in [-0.1, -0.05) is 31.1 Å². The third-order valence-electron chi connectivity index (χ3n) is 2.37. The van der Waals surface area contributed by atoms with Gasteiger partial charge in [0.1, 0.15) is 0 Å². The molecule has 0 aromatic carbocycles. The first-order chi connectivity index (χ1) is 6.15. The van der Waals surface area contributed by atoms with Gasteiger partial charge in [0.25, 0.3) is 0 Å². The van der Waals surface area contributed by atoms with E-state index in [0.717, 1.165) is 6.42 Å². The Labute approximate surface area is 82.2 Å². The van der Waals surface area contributed by atoms with Gasteiger partial charge in [-0.25, -0.2) is 0 Å². The van der Waals surface area contributed by atoms with Crippen LogP contribution < -0.4 is 0 Å². The molecule has 2 atom stereocenters. The molecule has 1 aliphatic carbocycles. The molecule has 1 aliphatic rings. The van der Waals surface area contributed by atoms with Crippen LogP contribution in [0.5, 0.6) is 0 Å². The minimum Gasteiger partial charge on any atom is -0.389 e. The van der Waals surface area contributed by atoms with Crippen molar-refractivity contribution in [3.05, 3.63) is 24.3 Å². The molecule has 1 rings (SSSR count). The summed E-state index contributed by atoms with van der Waals surface area (Å²) in [6, 6.07) is 0. The molecule has 0 bridgehead atoms. The Morgan fingerprint density at radius 3 is 2.62 bits per heavy atom. The first kappa shape index (κ1) is 12.4. The molecule has 0 fully saturated rings. The zero-order valence-corrected chi connectivity index (χ0v) is 9.09. The fourth-order valence-electron chi connectivity index (χ4n) is 1.54. The van der Waals surface area contributed by atoms with Crippen LogP contribution in [0.25, 0.3) is 0 Å². The standard InChI is InChI=1S/C9H16O.C3H6/c1-3-8-5-4-7(2)6-9(8)10;1-3-2/h6,8-10H,3-5H2,1-2H3;3H,1H2,2H3. The molecule has 0 saturated heterocycles. The Morgan fingerprint density at radius 1 is 1.69 bits per heavy atom. The zero-order valence-electron chi connectivity index (χ0n) is 9.09. The van der Waals surface area contributed by atoms with Crippen LogP contribution in [-0.2, 0) is 0 Å². The second-order valence-electron chi connectivity index (χ2n) is 3.62. The van der Waals surface area contributed by atoms with Crippen LogP contribution >= 0.6 is 0 Å². The molecule has 13 heavy (non-hydrogen) atoms. The number of aliphatic hydroxyl groups excluding tert-OH is 1. The summed E-state index contributed by atoms with van der Waals surface area (Å²) in [4.78, 5) is 0. The molecule has 1 heteroatoms. The Kier molecular flexibility index (Phi) is 6.61. The summed E-state index contributed by atoms with van der Waals surface area (Å²) in [5.41, 5.74) is 1.34. The molecule has 0 spiro atoms. The van der Waals surface area contributed by atoms with Crippen molar-refractivity contribution in [2.75, 3.05) is 0 Å². The highest BCUT2D eigenvalue weighted by Gasteiger charge is 2.18. The Balaban J connectivity index is 0.000000424. The Morgan fingerprint density at radius 2 is 2.23 bits per heavy atom. The molecular formula is C12H22O. The second kappa shape index (κ2) is 6.90. The van der Waals surface area contributed by atoms with E-state index in [9.17, 15) is 5.11 Å². The van der Waals surface area contributed by atoms with Crippen LogP contribution in [0.3, 0.4) is 0 Å². The van der Waals surface area contributed by atoms with E-state index in [1.165, 1.54) is 18.4 Å². The fourth-order valence-corrected chi connectivity index (χ4v) is 1.54. The minimum absolute atomic E-state index is 0.168. The summed E-state index contributed by atoms with van der Waals surface area (Å²) in [6.07, 6.45) is 7.02. The van der Waals surface area contributed by atoms with Crippen molar-refractivity contribution < 1.29 is 5.11 Å². The molecule has 0 heterocycles. The van der Waals surface area contributed by atoms with Gasteiger partial charge in [-0.15, -0.1) is 6.58 Å². The third-order valence-corrected chi connectivity index (χ3v) is 2.37. The average molecular weight is 182 g/mol. The molecular weight excluding hydrogens is 160 g/mol. The molecule has 0 saturated carbocycles. The van der Waals surface area contributed by atoms with Gasteiger partial charge >= 0.3 is 0 Å². The van der Waals surface area contributed by atoms with E-state index in [0.29, 0.717) is 5.92 Å². The third kappa shape index (κ3) is 4.89. The number of hydrogen-bond donors (Lipinski definition) is 1. The molecule has 0 amide bonds. The molecule has 76 valence electrons. The Bertz CT molecular complexity index is 170. The number of allylic oxidation sites excluding steroid dienone is 2. The van der Waals surface area contributed by atoms with Crippen molar-refractivity contribution in [1.82, 2.24) is 0 Å². The van der Waals surface area contributed by atoms with Crippen LogP contribution in [0.2, 0.25) is 0 Å². The SMILES string of the molecule is C=CC.CCC1CCC(C)=CC1O. The molecule has 0 aliphatic heterocycles. The van der Waals surface area contributed by atoms with E-state index in [2.05, 4.69) is 20.4 Å². The summed E-state index contributed by atoms with van der Waals surface area (Å²) in [5, 5.41) is 9.46. The van der Waals surface area contributed by atoms with Crippen molar-refractivity contribution in [2.45, 2.75) is 46.1 Å². The number of aliphatic hydroxyl groups is 1. The highest BCUT2D eigenvalue weighted by atomic mass is 16.3. The van der Waals surface area contributed by atoms with Gasteiger partial charge in [-0.05, 0) is 32.6 Å². The molecule has 0 aromatic heterocycles. The van der Waals surface area contributed by atoms with Crippen molar-refractivity contribution in [1.29, 1.82) is 0 Å². The van der Waals surface area contributed by atoms with E-state index in [1.807, 2.05) is 13.0 Å². The van der Waals surface area contributed by atoms with Gasteiger partial charge in [-0.3, -0.25) is 0 Å². The van der Waals surface area contributed by atoms with Crippen LogP contribution in [0.1, 0.15) is 40.0 Å². The fraction of sp³-hybridized carbons (Fsp3) is 0.667. The highest BCUT2D eigenvalue weighted by molar-refractivity contribution is 5.07. The monoisotopic (exact) mass is 182 g/mol. The topological polar surface area (TPSA) is 20.2 Å². The van der Waals surface area contributed by atoms with Crippen molar-refractivity contribution in [3.63, 3.8) is 0 Å². The van der Waals surface area contributed by atoms with E-state index < -0.39 is 0 Å². The van der Waals surface area contributed by atoms with E-state index in [1.54, 1.807) is 6.08 Å². The van der Waals surface area contributed by atoms with Gasteiger partial charge in [0.15, 0.2) is 0 Å². The van der Waals surface area contributed by atoms with Crippen molar-refractivity contribution in [3.8, 4) is 0 Å². The van der Waals surface area contributed by atoms with Gasteiger partial charge in [0.2, 0.25) is 0 Å². The normalized spacial score (nSPS) is 26.9. The molecule has 2 unspecified atom stereocenters. The largest absolute Gasteiger partial charge is 0.389 e. The number of hydrogen-bond acceptors (Lipinski definition) is 1. The van der Waals surface area contributed by atoms with Gasteiger partial charge in [0, 0.05) is 0 Å². The highest BCUT2D eigenvalue weighted by Crippen LogP contribution is 2.25. The van der Waals surface area contributed by atoms with Crippen LogP contribution in [0, 0.1) is 5.92 Å². The smallest absolute Gasteiger partial charge is 0.0751 e. The average Bonchev–Trinajstić information content (AvgIpc) is 2.06. The minimum atomic E-state index is -0.168. The predicted octanol–water partition coefficient (Wildman–Crippen LogP) is 3.31. The van der Waals surface area contributed by atoms with E-state index >= 15 is 0 Å². The summed E-state index contributed by atoms with van der Waals surface area (Å²) < 4.78 is 0.